The molecule has 1 aliphatic heterocycles. The minimum atomic E-state index is -1.37. The predicted octanol–water partition coefficient (Wildman–Crippen LogP) is -2.58. The quantitative estimate of drug-likeness (QED) is 0.0596. The average molecular weight is 808 g/mol. The number of likely N-dealkylation sites (N-methyl/N-ethyl adjacent to an activating group) is 1. The van der Waals surface area contributed by atoms with E-state index < -0.39 is 65.5 Å². The molecule has 21 heteroatoms. The first-order chi connectivity index (χ1) is 27.8. The number of fused-ring (bicyclic) bond motifs is 5. The van der Waals surface area contributed by atoms with E-state index in [-0.39, 0.29) is 57.9 Å². The third kappa shape index (κ3) is 11.5. The molecule has 2 aromatic carbocycles. The van der Waals surface area contributed by atoms with Gasteiger partial charge in [-0.05, 0) is 74.5 Å². The lowest BCUT2D eigenvalue weighted by Crippen LogP contribution is -2.57. The van der Waals surface area contributed by atoms with Gasteiger partial charge in [-0.3, -0.25) is 28.8 Å². The summed E-state index contributed by atoms with van der Waals surface area (Å²) in [5.74, 6) is -3.32. The number of ether oxygens (including phenoxy) is 2. The van der Waals surface area contributed by atoms with E-state index in [0.717, 1.165) is 0 Å². The van der Waals surface area contributed by atoms with E-state index in [2.05, 4.69) is 47.2 Å². The van der Waals surface area contributed by atoms with Crippen molar-refractivity contribution in [3.8, 4) is 22.6 Å². The second-order valence-corrected chi connectivity index (χ2v) is 13.6. The maximum Gasteiger partial charge on any atom is 0.248 e. The Morgan fingerprint density at radius 3 is 2.22 bits per heavy atom. The summed E-state index contributed by atoms with van der Waals surface area (Å²) in [6.45, 7) is 3.94. The van der Waals surface area contributed by atoms with Crippen LogP contribution in [0, 0.1) is 0 Å². The van der Waals surface area contributed by atoms with Crippen LogP contribution >= 0.6 is 0 Å². The van der Waals surface area contributed by atoms with Gasteiger partial charge in [-0.2, -0.15) is 5.21 Å². The number of rotatable bonds is 18. The molecule has 0 unspecified atom stereocenters. The van der Waals surface area contributed by atoms with Gasteiger partial charge in [0.15, 0.2) is 0 Å². The topological polar surface area (TPSA) is 317 Å². The van der Waals surface area contributed by atoms with Gasteiger partial charge in [-0.1, -0.05) is 12.1 Å². The molecule has 12 N–H and O–H groups in total. The molecule has 5 amide bonds. The van der Waals surface area contributed by atoms with Crippen molar-refractivity contribution in [3.63, 3.8) is 0 Å². The molecule has 0 aliphatic carbocycles. The molecule has 21 nitrogen and oxygen atoms in total. The van der Waals surface area contributed by atoms with Crippen LogP contribution in [0.15, 0.2) is 36.4 Å². The summed E-state index contributed by atoms with van der Waals surface area (Å²) in [4.78, 5) is 83.0. The number of benzene rings is 2. The molecule has 4 bridgehead atoms. The molecule has 314 valence electrons. The summed E-state index contributed by atoms with van der Waals surface area (Å²) in [7, 11) is 3.11. The van der Waals surface area contributed by atoms with E-state index in [0.29, 0.717) is 40.3 Å². The van der Waals surface area contributed by atoms with Gasteiger partial charge in [0.2, 0.25) is 41.1 Å². The Labute approximate surface area is 335 Å². The molecule has 5 atom stereocenters. The van der Waals surface area contributed by atoms with Crippen molar-refractivity contribution in [2.45, 2.75) is 63.3 Å². The average Bonchev–Trinajstić information content (AvgIpc) is 3.75. The molecular formula is C37H53N13O8. The molecule has 1 aromatic heterocycles. The minimum Gasteiger partial charge on any atom is -0.492 e. The summed E-state index contributed by atoms with van der Waals surface area (Å²) in [5, 5.41) is 26.6. The number of H-pyrrole nitrogens is 1. The molecule has 0 saturated heterocycles. The lowest BCUT2D eigenvalue weighted by atomic mass is 9.93. The smallest absolute Gasteiger partial charge is 0.248 e. The van der Waals surface area contributed by atoms with Gasteiger partial charge < -0.3 is 58.2 Å². The first-order valence-electron chi connectivity index (χ1n) is 18.9. The fraction of sp³-hybridized carbons (Fsp3) is 0.486. The van der Waals surface area contributed by atoms with Crippen molar-refractivity contribution in [2.75, 3.05) is 53.5 Å². The molecule has 2 heterocycles. The van der Waals surface area contributed by atoms with Crippen LogP contribution in [0.2, 0.25) is 0 Å². The van der Waals surface area contributed by atoms with E-state index in [1.807, 2.05) is 0 Å². The maximum absolute atomic E-state index is 14.4. The number of tetrazole rings is 1. The second-order valence-electron chi connectivity index (χ2n) is 13.6. The Balaban J connectivity index is 1.86. The summed E-state index contributed by atoms with van der Waals surface area (Å²) in [5.41, 5.74) is 19.3. The van der Waals surface area contributed by atoms with E-state index in [1.54, 1.807) is 43.4 Å². The SMILES string of the molecule is CNCCC(=O)N[C@@H](CCN)C(=O)N(C)[C@@H]1C(=O)N[C@@H](C)C(=O)N[C@H](C(=O)N[C@@H](C)C(=O)c2nn[nH]n2)Cc2ccc(OCCN)c(c2)-c2cc1ccc2OCCN. The normalized spacial score (nSPS) is 17.7. The van der Waals surface area contributed by atoms with E-state index in [4.69, 9.17) is 26.7 Å². The highest BCUT2D eigenvalue weighted by Crippen LogP contribution is 2.40. The van der Waals surface area contributed by atoms with Crippen molar-refractivity contribution in [1.29, 1.82) is 0 Å². The van der Waals surface area contributed by atoms with E-state index in [1.165, 1.54) is 25.8 Å². The fourth-order valence-electron chi connectivity index (χ4n) is 6.22. The standard InChI is InChI=1S/C37H53N13O8/c1-20(32(52)33-46-48-49-47-33)42-35(54)27-18-22-5-7-28(57-15-12-39)24(17-22)25-19-23(6-8-29(25)58-16-13-40)31(36(55)43-21(2)34(53)45-27)50(4)37(56)26(9-11-38)44-30(51)10-14-41-3/h5-8,17,19-21,26-27,31,41H,9-16,18,38-40H2,1-4H3,(H,42,54)(H,43,55)(H,44,51)(H,45,53)(H,46,47,48,49)/t20-,21-,26-,27-,31-/m0/s1. The number of aromatic amines is 1. The van der Waals surface area contributed by atoms with Crippen molar-refractivity contribution in [3.05, 3.63) is 53.3 Å². The summed E-state index contributed by atoms with van der Waals surface area (Å²) in [6.07, 6.45) is 0.113. The van der Waals surface area contributed by atoms with Crippen molar-refractivity contribution < 1.29 is 38.2 Å². The number of Topliss-reactive ketones (excluding diaryl/α,β-unsaturated/α-hetero) is 1. The number of aromatic nitrogens is 4. The van der Waals surface area contributed by atoms with Crippen LogP contribution in [-0.4, -0.2) is 138 Å². The van der Waals surface area contributed by atoms with Gasteiger partial charge in [0.1, 0.15) is 48.9 Å². The molecule has 0 saturated carbocycles. The highest BCUT2D eigenvalue weighted by molar-refractivity contribution is 6.00. The molecule has 0 radical (unpaired) electrons. The Hall–Kier alpha value is -6.03. The van der Waals surface area contributed by atoms with Crippen LogP contribution in [-0.2, 0) is 30.4 Å². The highest BCUT2D eigenvalue weighted by atomic mass is 16.5. The van der Waals surface area contributed by atoms with Gasteiger partial charge in [-0.25, -0.2) is 0 Å². The van der Waals surface area contributed by atoms with Gasteiger partial charge in [-0.15, -0.1) is 10.2 Å². The lowest BCUT2D eigenvalue weighted by Gasteiger charge is -2.32. The maximum atomic E-state index is 14.4. The number of nitrogens with two attached hydrogens (primary N) is 3. The molecule has 1 aliphatic rings. The zero-order valence-corrected chi connectivity index (χ0v) is 33.0. The largest absolute Gasteiger partial charge is 0.492 e. The number of hydrogen-bond donors (Lipinski definition) is 9. The first-order valence-corrected chi connectivity index (χ1v) is 18.9. The van der Waals surface area contributed by atoms with Crippen LogP contribution in [0.3, 0.4) is 0 Å². The van der Waals surface area contributed by atoms with Crippen molar-refractivity contribution in [1.82, 2.24) is 52.1 Å². The van der Waals surface area contributed by atoms with E-state index in [9.17, 15) is 28.8 Å². The number of ketones is 1. The van der Waals surface area contributed by atoms with Crippen molar-refractivity contribution >= 4 is 35.3 Å². The number of nitrogens with one attached hydrogen (secondary N) is 6. The number of carbonyl (C=O) groups excluding carboxylic acids is 6. The number of hydrogen-bond acceptors (Lipinski definition) is 15. The fourth-order valence-corrected chi connectivity index (χ4v) is 6.22. The van der Waals surface area contributed by atoms with Crippen LogP contribution in [0.4, 0.5) is 0 Å². The second kappa shape index (κ2) is 21.5. The van der Waals surface area contributed by atoms with Gasteiger partial charge in [0, 0.05) is 50.7 Å². The predicted molar refractivity (Wildman–Crippen MR) is 210 cm³/mol. The van der Waals surface area contributed by atoms with Crippen LogP contribution in [0.25, 0.3) is 11.1 Å². The number of carbonyl (C=O) groups is 6. The van der Waals surface area contributed by atoms with E-state index >= 15 is 0 Å². The Morgan fingerprint density at radius 1 is 0.931 bits per heavy atom. The lowest BCUT2D eigenvalue weighted by molar-refractivity contribution is -0.143. The zero-order chi connectivity index (χ0) is 42.4. The van der Waals surface area contributed by atoms with Crippen LogP contribution < -0.4 is 53.3 Å². The monoisotopic (exact) mass is 807 g/mol. The molecule has 0 fully saturated rings. The highest BCUT2D eigenvalue weighted by Gasteiger charge is 2.36. The van der Waals surface area contributed by atoms with Crippen molar-refractivity contribution in [2.24, 2.45) is 17.2 Å². The van der Waals surface area contributed by atoms with Gasteiger partial charge in [0.05, 0.1) is 6.04 Å². The third-order valence-corrected chi connectivity index (χ3v) is 9.22. The zero-order valence-electron chi connectivity index (χ0n) is 33.0. The third-order valence-electron chi connectivity index (χ3n) is 9.22. The molecular weight excluding hydrogens is 754 g/mol. The molecule has 58 heavy (non-hydrogen) atoms. The Bertz CT molecular complexity index is 1910. The summed E-state index contributed by atoms with van der Waals surface area (Å²) in [6, 6.07) is 4.03. The summed E-state index contributed by atoms with van der Waals surface area (Å²) >= 11 is 0. The molecule has 4 rings (SSSR count). The number of amides is 5. The van der Waals surface area contributed by atoms with Crippen LogP contribution in [0.1, 0.15) is 54.5 Å². The van der Waals surface area contributed by atoms with Gasteiger partial charge >= 0.3 is 0 Å². The molecule has 0 spiro atoms. The van der Waals surface area contributed by atoms with Crippen LogP contribution in [0.5, 0.6) is 11.5 Å². The molecule has 3 aromatic rings. The number of nitrogens with zero attached hydrogens (tertiary/aromatic N) is 4. The minimum absolute atomic E-state index is 0.0582. The Kier molecular flexibility index (Phi) is 16.5. The summed E-state index contributed by atoms with van der Waals surface area (Å²) < 4.78 is 12.1. The van der Waals surface area contributed by atoms with Gasteiger partial charge in [0.25, 0.3) is 0 Å². The Morgan fingerprint density at radius 2 is 1.60 bits per heavy atom. The first kappa shape index (κ1) is 44.7.